The summed E-state index contributed by atoms with van der Waals surface area (Å²) in [5, 5.41) is 14.8. The fourth-order valence-electron chi connectivity index (χ4n) is 2.87. The Kier molecular flexibility index (Phi) is 6.08. The van der Waals surface area contributed by atoms with Crippen LogP contribution in [0.3, 0.4) is 0 Å². The van der Waals surface area contributed by atoms with Crippen molar-refractivity contribution in [3.8, 4) is 0 Å². The first-order valence-electron chi connectivity index (χ1n) is 8.08. The molecular weight excluding hydrogens is 396 g/mol. The van der Waals surface area contributed by atoms with Gasteiger partial charge in [0.05, 0.1) is 6.54 Å². The number of aliphatic imine (C=N–C) groups is 1. The predicted molar refractivity (Wildman–Crippen MR) is 106 cm³/mol. The standard InChI is InChI=1S/C15H20N4O4S3/c1-2-3-16-13(23)18-9-10(20)19-6-15(12(21)22,7-25-11(9)19)8-26-14-17-4-5-24-14/h2,9,11H,1,3-8H2,(H,21,22)(H2,16,18,23)/t9?,11-,15?/m1/s1. The second kappa shape index (κ2) is 8.13. The zero-order valence-electron chi connectivity index (χ0n) is 14.0. The van der Waals surface area contributed by atoms with Crippen molar-refractivity contribution in [3.63, 3.8) is 0 Å². The third-order valence-corrected chi connectivity index (χ3v) is 8.45. The lowest BCUT2D eigenvalue weighted by molar-refractivity contribution is -0.155. The van der Waals surface area contributed by atoms with Crippen molar-refractivity contribution in [2.75, 3.05) is 36.9 Å². The van der Waals surface area contributed by atoms with Crippen molar-refractivity contribution >= 4 is 57.6 Å². The van der Waals surface area contributed by atoms with E-state index in [1.165, 1.54) is 23.5 Å². The highest BCUT2D eigenvalue weighted by molar-refractivity contribution is 8.39. The molecule has 0 aromatic heterocycles. The van der Waals surface area contributed by atoms with E-state index >= 15 is 0 Å². The summed E-state index contributed by atoms with van der Waals surface area (Å²) in [5.41, 5.74) is -0.997. The maximum atomic E-state index is 12.4. The Morgan fingerprint density at radius 3 is 3.00 bits per heavy atom. The van der Waals surface area contributed by atoms with E-state index in [4.69, 9.17) is 0 Å². The van der Waals surface area contributed by atoms with Crippen molar-refractivity contribution in [2.45, 2.75) is 11.4 Å². The maximum Gasteiger partial charge on any atom is 0.315 e. The van der Waals surface area contributed by atoms with Crippen LogP contribution in [0.5, 0.6) is 0 Å². The van der Waals surface area contributed by atoms with Crippen LogP contribution in [-0.4, -0.2) is 80.6 Å². The molecule has 2 fully saturated rings. The number of carbonyl (C=O) groups is 3. The summed E-state index contributed by atoms with van der Waals surface area (Å²) in [6.07, 6.45) is 1.55. The van der Waals surface area contributed by atoms with Gasteiger partial charge in [-0.05, 0) is 0 Å². The number of aliphatic carboxylic acids is 1. The first kappa shape index (κ1) is 19.4. The molecule has 0 radical (unpaired) electrons. The van der Waals surface area contributed by atoms with Crippen molar-refractivity contribution < 1.29 is 19.5 Å². The minimum Gasteiger partial charge on any atom is -0.481 e. The number of β-lactam (4-membered cyclic amide) rings is 1. The highest BCUT2D eigenvalue weighted by Crippen LogP contribution is 2.44. The SMILES string of the molecule is C=CCNC(=O)NC1C(=O)N2CC(CSC3=NCCS3)(C(=O)O)CS[C@H]12. The molecule has 2 unspecified atom stereocenters. The van der Waals surface area contributed by atoms with Crippen molar-refractivity contribution in [1.29, 1.82) is 0 Å². The monoisotopic (exact) mass is 416 g/mol. The molecule has 3 atom stereocenters. The normalized spacial score (nSPS) is 30.1. The molecule has 3 aliphatic heterocycles. The Hall–Kier alpha value is -1.33. The molecule has 0 spiro atoms. The first-order chi connectivity index (χ1) is 12.5. The number of carbonyl (C=O) groups excluding carboxylic acids is 2. The van der Waals surface area contributed by atoms with Crippen LogP contribution in [0.1, 0.15) is 0 Å². The van der Waals surface area contributed by atoms with Crippen molar-refractivity contribution in [1.82, 2.24) is 15.5 Å². The summed E-state index contributed by atoms with van der Waals surface area (Å²) >= 11 is 4.51. The topological polar surface area (TPSA) is 111 Å². The van der Waals surface area contributed by atoms with Crippen molar-refractivity contribution in [3.05, 3.63) is 12.7 Å². The van der Waals surface area contributed by atoms with E-state index in [-0.39, 0.29) is 17.8 Å². The number of urea groups is 1. The van der Waals surface area contributed by atoms with Gasteiger partial charge in [0.1, 0.15) is 21.2 Å². The quantitative estimate of drug-likeness (QED) is 0.431. The van der Waals surface area contributed by atoms with Crippen LogP contribution in [0.25, 0.3) is 0 Å². The third-order valence-electron chi connectivity index (χ3n) is 4.32. The summed E-state index contributed by atoms with van der Waals surface area (Å²) < 4.78 is 0.922. The number of nitrogens with zero attached hydrogens (tertiary/aromatic N) is 2. The number of hydrogen-bond acceptors (Lipinski definition) is 7. The Bertz CT molecular complexity index is 659. The van der Waals surface area contributed by atoms with Gasteiger partial charge in [0, 0.05) is 30.3 Å². The molecule has 11 heteroatoms. The molecular formula is C15H20N4O4S3. The lowest BCUT2D eigenvalue weighted by Crippen LogP contribution is -2.74. The van der Waals surface area contributed by atoms with Gasteiger partial charge in [0.25, 0.3) is 0 Å². The molecule has 0 bridgehead atoms. The van der Waals surface area contributed by atoms with Crippen LogP contribution in [-0.2, 0) is 9.59 Å². The average Bonchev–Trinajstić information content (AvgIpc) is 3.16. The summed E-state index contributed by atoms with van der Waals surface area (Å²) in [6, 6.07) is -1.04. The summed E-state index contributed by atoms with van der Waals surface area (Å²) in [5.74, 6) is 0.584. The molecule has 0 aliphatic carbocycles. The van der Waals surface area contributed by atoms with Gasteiger partial charge < -0.3 is 20.6 Å². The summed E-state index contributed by atoms with van der Waals surface area (Å²) in [7, 11) is 0. The average molecular weight is 417 g/mol. The minimum absolute atomic E-state index is 0.163. The number of carboxylic acid groups (broad SMARTS) is 1. The number of amides is 3. The van der Waals surface area contributed by atoms with Gasteiger partial charge in [0.15, 0.2) is 0 Å². The Labute approximate surface area is 164 Å². The van der Waals surface area contributed by atoms with E-state index in [9.17, 15) is 19.5 Å². The largest absolute Gasteiger partial charge is 0.481 e. The molecule has 3 amide bonds. The van der Waals surface area contributed by atoms with E-state index in [1.807, 2.05) is 0 Å². The Morgan fingerprint density at radius 2 is 2.35 bits per heavy atom. The Balaban J connectivity index is 1.59. The van der Waals surface area contributed by atoms with Gasteiger partial charge in [0.2, 0.25) is 5.91 Å². The van der Waals surface area contributed by atoms with Crippen LogP contribution < -0.4 is 10.6 Å². The van der Waals surface area contributed by atoms with E-state index < -0.39 is 23.5 Å². The number of carboxylic acids is 1. The van der Waals surface area contributed by atoms with E-state index in [0.717, 1.165) is 16.7 Å². The lowest BCUT2D eigenvalue weighted by Gasteiger charge is -2.53. The zero-order chi connectivity index (χ0) is 18.7. The highest BCUT2D eigenvalue weighted by atomic mass is 32.2. The van der Waals surface area contributed by atoms with Gasteiger partial charge in [-0.1, -0.05) is 29.6 Å². The number of thioether (sulfide) groups is 3. The second-order valence-corrected chi connectivity index (χ2v) is 9.57. The summed E-state index contributed by atoms with van der Waals surface area (Å²) in [6.45, 7) is 4.77. The fourth-order valence-corrected chi connectivity index (χ4v) is 6.74. The predicted octanol–water partition coefficient (Wildman–Crippen LogP) is 0.662. The number of hydrogen-bond donors (Lipinski definition) is 3. The molecule has 142 valence electrons. The van der Waals surface area contributed by atoms with Gasteiger partial charge in [-0.25, -0.2) is 4.79 Å². The molecule has 0 saturated carbocycles. The van der Waals surface area contributed by atoms with Gasteiger partial charge in [-0.3, -0.25) is 14.6 Å². The molecule has 8 nitrogen and oxygen atoms in total. The second-order valence-electron chi connectivity index (χ2n) is 6.16. The number of fused-ring (bicyclic) bond motifs is 1. The zero-order valence-corrected chi connectivity index (χ0v) is 16.4. The lowest BCUT2D eigenvalue weighted by atomic mass is 9.89. The number of rotatable bonds is 6. The molecule has 26 heavy (non-hydrogen) atoms. The van der Waals surface area contributed by atoms with E-state index in [1.54, 1.807) is 22.7 Å². The molecule has 3 N–H and O–H groups in total. The first-order valence-corrected chi connectivity index (χ1v) is 11.1. The summed E-state index contributed by atoms with van der Waals surface area (Å²) in [4.78, 5) is 42.0. The minimum atomic E-state index is -0.997. The molecule has 3 aliphatic rings. The molecule has 0 aromatic carbocycles. The molecule has 3 rings (SSSR count). The fraction of sp³-hybridized carbons (Fsp3) is 0.600. The smallest absolute Gasteiger partial charge is 0.315 e. The maximum absolute atomic E-state index is 12.4. The Morgan fingerprint density at radius 1 is 1.54 bits per heavy atom. The van der Waals surface area contributed by atoms with Crippen LogP contribution in [0.4, 0.5) is 4.79 Å². The van der Waals surface area contributed by atoms with Gasteiger partial charge in [-0.2, -0.15) is 0 Å². The van der Waals surface area contributed by atoms with Gasteiger partial charge >= 0.3 is 12.0 Å². The van der Waals surface area contributed by atoms with E-state index in [0.29, 0.717) is 18.1 Å². The van der Waals surface area contributed by atoms with Gasteiger partial charge in [-0.15, -0.1) is 18.3 Å². The third kappa shape index (κ3) is 3.84. The molecule has 3 heterocycles. The highest BCUT2D eigenvalue weighted by Gasteiger charge is 2.57. The van der Waals surface area contributed by atoms with Crippen LogP contribution in [0, 0.1) is 5.41 Å². The van der Waals surface area contributed by atoms with Crippen LogP contribution in [0.15, 0.2) is 17.6 Å². The molecule has 0 aromatic rings. The van der Waals surface area contributed by atoms with E-state index in [2.05, 4.69) is 22.2 Å². The van der Waals surface area contributed by atoms with Crippen LogP contribution in [0.2, 0.25) is 0 Å². The van der Waals surface area contributed by atoms with Crippen LogP contribution >= 0.6 is 35.3 Å². The molecule has 2 saturated heterocycles. The van der Waals surface area contributed by atoms with Crippen molar-refractivity contribution in [2.24, 2.45) is 10.4 Å². The number of nitrogens with one attached hydrogen (secondary N) is 2.